The Labute approximate surface area is 138 Å². The molecule has 1 atom stereocenters. The zero-order valence-electron chi connectivity index (χ0n) is 11.7. The molecule has 2 rings (SSSR count). The van der Waals surface area contributed by atoms with Crippen molar-refractivity contribution in [3.8, 4) is 0 Å². The quantitative estimate of drug-likeness (QED) is 0.787. The number of halogens is 2. The molecule has 3 N–H and O–H groups in total. The van der Waals surface area contributed by atoms with Crippen molar-refractivity contribution in [2.45, 2.75) is 12.3 Å². The summed E-state index contributed by atoms with van der Waals surface area (Å²) in [5, 5.41) is 8.16. The molecule has 2 aromatic rings. The van der Waals surface area contributed by atoms with E-state index in [9.17, 15) is 17.9 Å². The number of nitrogens with zero attached hydrogens (tertiary/aromatic N) is 1. The van der Waals surface area contributed by atoms with Gasteiger partial charge in [-0.15, -0.1) is 0 Å². The molecule has 0 radical (unpaired) electrons. The Morgan fingerprint density at radius 1 is 1.39 bits per heavy atom. The van der Waals surface area contributed by atoms with E-state index >= 15 is 0 Å². The second-order valence-electron chi connectivity index (χ2n) is 4.77. The highest BCUT2D eigenvalue weighted by Gasteiger charge is 2.11. The van der Waals surface area contributed by atoms with E-state index in [2.05, 4.69) is 0 Å². The van der Waals surface area contributed by atoms with Gasteiger partial charge in [0, 0.05) is 18.5 Å². The fourth-order valence-electron chi connectivity index (χ4n) is 2.12. The van der Waals surface area contributed by atoms with E-state index in [4.69, 9.17) is 22.7 Å². The van der Waals surface area contributed by atoms with Gasteiger partial charge in [-0.05, 0) is 29.3 Å². The van der Waals surface area contributed by atoms with E-state index < -0.39 is 22.8 Å². The maximum atomic E-state index is 13.5. The average Bonchev–Trinajstić information content (AvgIpc) is 2.44. The molecule has 1 heterocycles. The molecule has 6 nitrogen and oxygen atoms in total. The van der Waals surface area contributed by atoms with Gasteiger partial charge in [-0.25, -0.2) is 4.39 Å². The van der Waals surface area contributed by atoms with E-state index in [1.54, 1.807) is 0 Å². The van der Waals surface area contributed by atoms with Gasteiger partial charge >= 0.3 is 0 Å². The lowest BCUT2D eigenvalue weighted by molar-refractivity contribution is 0.0997. The van der Waals surface area contributed by atoms with E-state index in [-0.39, 0.29) is 28.4 Å². The minimum Gasteiger partial charge on any atom is -0.772 e. The molecule has 0 saturated carbocycles. The predicted octanol–water partition coefficient (Wildman–Crippen LogP) is 1.29. The number of hydrogen-bond acceptors (Lipinski definition) is 4. The number of pyridine rings is 1. The molecule has 23 heavy (non-hydrogen) atoms. The zero-order valence-corrected chi connectivity index (χ0v) is 13.3. The van der Waals surface area contributed by atoms with Gasteiger partial charge in [0.2, 0.25) is 0 Å². The van der Waals surface area contributed by atoms with E-state index in [1.807, 2.05) is 0 Å². The number of carbonyl (C=O) groups is 1. The number of nitrogens with two attached hydrogens (primary N) is 1. The summed E-state index contributed by atoms with van der Waals surface area (Å²) in [4.78, 5) is 11.3. The first kappa shape index (κ1) is 17.3. The highest BCUT2D eigenvalue weighted by Crippen LogP contribution is 2.16. The van der Waals surface area contributed by atoms with Crippen molar-refractivity contribution in [1.82, 2.24) is 4.57 Å². The molecule has 1 amide bonds. The minimum atomic E-state index is -2.34. The number of amides is 1. The van der Waals surface area contributed by atoms with Crippen molar-refractivity contribution in [1.29, 1.82) is 5.41 Å². The standard InChI is InChI=1S/C14H13ClFN3O3S/c15-10-4-12(14(18)20)13(17)19(6-10)5-9-3-11(16)2-1-8(9)7-23(21)22/h1-4,6,17H,5,7H2,(H2,18,20)(H,21,22)/p-1. The maximum Gasteiger partial charge on any atom is 0.252 e. The minimum absolute atomic E-state index is 0.0238. The van der Waals surface area contributed by atoms with E-state index in [1.165, 1.54) is 29.0 Å². The number of nitrogens with one attached hydrogen (secondary N) is 1. The number of benzene rings is 1. The Morgan fingerprint density at radius 2 is 2.09 bits per heavy atom. The van der Waals surface area contributed by atoms with Crippen molar-refractivity contribution in [3.63, 3.8) is 0 Å². The lowest BCUT2D eigenvalue weighted by Crippen LogP contribution is -2.30. The van der Waals surface area contributed by atoms with Crippen LogP contribution in [-0.4, -0.2) is 19.2 Å². The first-order valence-electron chi connectivity index (χ1n) is 6.35. The third-order valence-electron chi connectivity index (χ3n) is 3.15. The van der Waals surface area contributed by atoms with Crippen LogP contribution < -0.4 is 11.2 Å². The van der Waals surface area contributed by atoms with Gasteiger partial charge in [-0.1, -0.05) is 28.7 Å². The summed E-state index contributed by atoms with van der Waals surface area (Å²) < 4.78 is 36.6. The van der Waals surface area contributed by atoms with Crippen molar-refractivity contribution in [2.75, 3.05) is 0 Å². The lowest BCUT2D eigenvalue weighted by atomic mass is 10.1. The SMILES string of the molecule is N=c1c(C(N)=O)cc(Cl)cn1Cc1cc(F)ccc1CS(=O)[O-]. The van der Waals surface area contributed by atoms with Crippen LogP contribution in [-0.2, 0) is 23.4 Å². The Hall–Kier alpha value is -2.03. The highest BCUT2D eigenvalue weighted by atomic mass is 35.5. The Kier molecular flexibility index (Phi) is 5.30. The van der Waals surface area contributed by atoms with Gasteiger partial charge in [0.1, 0.15) is 11.3 Å². The molecule has 0 bridgehead atoms. The van der Waals surface area contributed by atoms with Gasteiger partial charge in [0.15, 0.2) is 0 Å². The van der Waals surface area contributed by atoms with E-state index in [0.29, 0.717) is 11.1 Å². The van der Waals surface area contributed by atoms with Crippen LogP contribution in [0.15, 0.2) is 30.5 Å². The summed E-state index contributed by atoms with van der Waals surface area (Å²) in [7, 11) is 0. The van der Waals surface area contributed by atoms with Gasteiger partial charge < -0.3 is 14.9 Å². The first-order chi connectivity index (χ1) is 10.8. The van der Waals surface area contributed by atoms with Crippen LogP contribution in [0.4, 0.5) is 4.39 Å². The van der Waals surface area contributed by atoms with Crippen LogP contribution in [0.2, 0.25) is 5.02 Å². The second kappa shape index (κ2) is 7.03. The molecular formula is C14H12ClFN3O3S-. The number of rotatable bonds is 5. The van der Waals surface area contributed by atoms with Gasteiger partial charge in [0.25, 0.3) is 5.91 Å². The summed E-state index contributed by atoms with van der Waals surface area (Å²) in [6, 6.07) is 4.97. The van der Waals surface area contributed by atoms with Gasteiger partial charge in [-0.2, -0.15) is 0 Å². The van der Waals surface area contributed by atoms with Crippen LogP contribution in [0.5, 0.6) is 0 Å². The number of aromatic nitrogens is 1. The fraction of sp³-hybridized carbons (Fsp3) is 0.143. The Morgan fingerprint density at radius 3 is 2.70 bits per heavy atom. The second-order valence-corrected chi connectivity index (χ2v) is 6.11. The third kappa shape index (κ3) is 4.25. The van der Waals surface area contributed by atoms with Crippen LogP contribution in [0, 0.1) is 11.2 Å². The molecule has 0 fully saturated rings. The molecule has 0 aliphatic heterocycles. The fourth-order valence-corrected chi connectivity index (χ4v) is 2.88. The molecule has 1 aromatic carbocycles. The molecule has 122 valence electrons. The third-order valence-corrected chi connectivity index (χ3v) is 3.90. The number of hydrogen-bond donors (Lipinski definition) is 2. The van der Waals surface area contributed by atoms with Crippen molar-refractivity contribution in [3.05, 3.63) is 63.5 Å². The summed E-state index contributed by atoms with van der Waals surface area (Å²) in [5.74, 6) is -1.64. The normalized spacial score (nSPS) is 12.1. The Balaban J connectivity index is 2.51. The van der Waals surface area contributed by atoms with Crippen molar-refractivity contribution >= 4 is 28.6 Å². The lowest BCUT2D eigenvalue weighted by Gasteiger charge is -2.15. The monoisotopic (exact) mass is 356 g/mol. The molecule has 1 aromatic heterocycles. The zero-order chi connectivity index (χ0) is 17.1. The molecule has 0 spiro atoms. The van der Waals surface area contributed by atoms with Gasteiger partial charge in [0.05, 0.1) is 10.6 Å². The van der Waals surface area contributed by atoms with E-state index in [0.717, 1.165) is 6.07 Å². The molecular weight excluding hydrogens is 345 g/mol. The summed E-state index contributed by atoms with van der Waals surface area (Å²) in [6.45, 7) is -0.0238. The topological polar surface area (TPSA) is 112 Å². The van der Waals surface area contributed by atoms with Crippen LogP contribution in [0.3, 0.4) is 0 Å². The summed E-state index contributed by atoms with van der Waals surface area (Å²) in [6.07, 6.45) is 1.39. The maximum absolute atomic E-state index is 13.5. The molecule has 1 unspecified atom stereocenters. The van der Waals surface area contributed by atoms with Crippen LogP contribution in [0.25, 0.3) is 0 Å². The molecule has 0 saturated heterocycles. The highest BCUT2D eigenvalue weighted by molar-refractivity contribution is 7.78. The predicted molar refractivity (Wildman–Crippen MR) is 81.9 cm³/mol. The Bertz CT molecular complexity index is 854. The summed E-state index contributed by atoms with van der Waals surface area (Å²) in [5.41, 5.74) is 5.68. The van der Waals surface area contributed by atoms with Crippen LogP contribution in [0.1, 0.15) is 21.5 Å². The van der Waals surface area contributed by atoms with Crippen molar-refractivity contribution < 1.29 is 17.9 Å². The number of carbonyl (C=O) groups excluding carboxylic acids is 1. The average molecular weight is 357 g/mol. The van der Waals surface area contributed by atoms with Crippen molar-refractivity contribution in [2.24, 2.45) is 5.73 Å². The summed E-state index contributed by atoms with van der Waals surface area (Å²) >= 11 is 3.56. The first-order valence-corrected chi connectivity index (χ1v) is 7.97. The van der Waals surface area contributed by atoms with Crippen LogP contribution >= 0.6 is 11.6 Å². The molecule has 9 heteroatoms. The molecule has 0 aliphatic rings. The molecule has 0 aliphatic carbocycles. The van der Waals surface area contributed by atoms with Gasteiger partial charge in [-0.3, -0.25) is 14.4 Å². The largest absolute Gasteiger partial charge is 0.772 e. The smallest absolute Gasteiger partial charge is 0.252 e. The number of primary amides is 1.